The number of carbonyl (C=O) groups excluding carboxylic acids is 1. The summed E-state index contributed by atoms with van der Waals surface area (Å²) in [6.45, 7) is 6.64. The van der Waals surface area contributed by atoms with E-state index in [4.69, 9.17) is 4.74 Å². The molecule has 0 spiro atoms. The second kappa shape index (κ2) is 8.47. The zero-order valence-electron chi connectivity index (χ0n) is 13.9. The minimum Gasteiger partial charge on any atom is -0.481 e. The van der Waals surface area contributed by atoms with E-state index < -0.39 is 6.10 Å². The van der Waals surface area contributed by atoms with Crippen LogP contribution in [-0.4, -0.2) is 29.6 Å². The average molecular weight is 321 g/mol. The van der Waals surface area contributed by atoms with Crippen molar-refractivity contribution >= 4 is 17.7 Å². The maximum absolute atomic E-state index is 12.0. The number of benzene rings is 1. The molecule has 22 heavy (non-hydrogen) atoms. The van der Waals surface area contributed by atoms with Crippen molar-refractivity contribution in [2.24, 2.45) is 0 Å². The number of carbonyl (C=O) groups is 1. The molecule has 1 atom stereocenters. The first-order valence-electron chi connectivity index (χ1n) is 8.19. The van der Waals surface area contributed by atoms with Gasteiger partial charge in [0.1, 0.15) is 5.75 Å². The van der Waals surface area contributed by atoms with Crippen LogP contribution in [0.25, 0.3) is 0 Å². The van der Waals surface area contributed by atoms with Crippen LogP contribution in [0.5, 0.6) is 5.75 Å². The van der Waals surface area contributed by atoms with Gasteiger partial charge in [0.25, 0.3) is 5.91 Å². The van der Waals surface area contributed by atoms with E-state index in [9.17, 15) is 4.79 Å². The third-order valence-electron chi connectivity index (χ3n) is 4.22. The van der Waals surface area contributed by atoms with Crippen molar-refractivity contribution in [3.63, 3.8) is 0 Å². The lowest BCUT2D eigenvalue weighted by Gasteiger charge is -2.16. The molecule has 1 amide bonds. The monoisotopic (exact) mass is 321 g/mol. The molecule has 0 heterocycles. The van der Waals surface area contributed by atoms with E-state index in [-0.39, 0.29) is 5.91 Å². The molecule has 1 saturated carbocycles. The van der Waals surface area contributed by atoms with Crippen molar-refractivity contribution in [3.8, 4) is 5.75 Å². The number of thioether (sulfide) groups is 1. The maximum Gasteiger partial charge on any atom is 0.260 e. The number of aryl methyl sites for hydroxylation is 2. The molecule has 2 rings (SSSR count). The van der Waals surface area contributed by atoms with Gasteiger partial charge in [-0.3, -0.25) is 4.79 Å². The van der Waals surface area contributed by atoms with Crippen molar-refractivity contribution in [2.45, 2.75) is 57.8 Å². The number of nitrogens with one attached hydrogen (secondary N) is 1. The third kappa shape index (κ3) is 5.24. The Morgan fingerprint density at radius 1 is 1.32 bits per heavy atom. The number of rotatable bonds is 7. The van der Waals surface area contributed by atoms with Crippen LogP contribution in [0.4, 0.5) is 0 Å². The Morgan fingerprint density at radius 2 is 2.05 bits per heavy atom. The predicted octanol–water partition coefficient (Wildman–Crippen LogP) is 3.86. The summed E-state index contributed by atoms with van der Waals surface area (Å²) in [6, 6.07) is 5.92. The van der Waals surface area contributed by atoms with E-state index in [1.807, 2.05) is 36.9 Å². The summed E-state index contributed by atoms with van der Waals surface area (Å²) in [5.74, 6) is 1.71. The van der Waals surface area contributed by atoms with Crippen LogP contribution >= 0.6 is 11.8 Å². The van der Waals surface area contributed by atoms with Crippen molar-refractivity contribution in [1.82, 2.24) is 5.32 Å². The number of ether oxygens (including phenoxy) is 1. The zero-order chi connectivity index (χ0) is 15.9. The van der Waals surface area contributed by atoms with Crippen LogP contribution in [-0.2, 0) is 4.79 Å². The summed E-state index contributed by atoms with van der Waals surface area (Å²) in [5, 5.41) is 3.77. The first-order valence-corrected chi connectivity index (χ1v) is 9.24. The minimum atomic E-state index is -0.460. The van der Waals surface area contributed by atoms with Crippen LogP contribution < -0.4 is 10.1 Å². The Kier molecular flexibility index (Phi) is 6.62. The minimum absolute atomic E-state index is 0.0368. The van der Waals surface area contributed by atoms with Gasteiger partial charge in [-0.1, -0.05) is 18.9 Å². The summed E-state index contributed by atoms with van der Waals surface area (Å²) in [6.07, 6.45) is 4.95. The topological polar surface area (TPSA) is 38.3 Å². The lowest BCUT2D eigenvalue weighted by molar-refractivity contribution is -0.127. The fourth-order valence-corrected chi connectivity index (χ4v) is 3.86. The smallest absolute Gasteiger partial charge is 0.260 e. The molecular weight excluding hydrogens is 294 g/mol. The Hall–Kier alpha value is -1.16. The van der Waals surface area contributed by atoms with E-state index >= 15 is 0 Å². The number of amides is 1. The lowest BCUT2D eigenvalue weighted by atomic mass is 10.1. The van der Waals surface area contributed by atoms with Gasteiger partial charge in [0.15, 0.2) is 6.10 Å². The maximum atomic E-state index is 12.0. The highest BCUT2D eigenvalue weighted by Gasteiger charge is 2.16. The summed E-state index contributed by atoms with van der Waals surface area (Å²) in [7, 11) is 0. The van der Waals surface area contributed by atoms with Crippen LogP contribution in [0.2, 0.25) is 0 Å². The molecule has 0 saturated heterocycles. The molecule has 1 aliphatic carbocycles. The van der Waals surface area contributed by atoms with Gasteiger partial charge < -0.3 is 10.1 Å². The van der Waals surface area contributed by atoms with Crippen LogP contribution in [0.1, 0.15) is 43.7 Å². The van der Waals surface area contributed by atoms with Crippen LogP contribution in [0.3, 0.4) is 0 Å². The highest BCUT2D eigenvalue weighted by atomic mass is 32.2. The normalized spacial score (nSPS) is 16.5. The molecule has 0 bridgehead atoms. The molecule has 0 aromatic heterocycles. The second-order valence-electron chi connectivity index (χ2n) is 6.07. The van der Waals surface area contributed by atoms with Gasteiger partial charge in [-0.15, -0.1) is 0 Å². The fourth-order valence-electron chi connectivity index (χ4n) is 2.64. The summed E-state index contributed by atoms with van der Waals surface area (Å²) in [5.41, 5.74) is 2.41. The third-order valence-corrected chi connectivity index (χ3v) is 5.60. The standard InChI is InChI=1S/C18H27NO2S/c1-13-8-9-16(12-14(13)2)21-15(3)18(20)19-10-11-22-17-6-4-5-7-17/h8-9,12,15,17H,4-7,10-11H2,1-3H3,(H,19,20). The molecule has 1 aromatic rings. The Bertz CT molecular complexity index is 498. The molecule has 4 heteroatoms. The SMILES string of the molecule is Cc1ccc(OC(C)C(=O)NCCSC2CCCC2)cc1C. The van der Waals surface area contributed by atoms with E-state index in [1.165, 1.54) is 36.8 Å². The zero-order valence-corrected chi connectivity index (χ0v) is 14.7. The van der Waals surface area contributed by atoms with Crippen molar-refractivity contribution in [2.75, 3.05) is 12.3 Å². The molecule has 122 valence electrons. The number of hydrogen-bond acceptors (Lipinski definition) is 3. The van der Waals surface area contributed by atoms with Gasteiger partial charge in [-0.25, -0.2) is 0 Å². The first-order chi connectivity index (χ1) is 10.6. The Balaban J connectivity index is 1.68. The van der Waals surface area contributed by atoms with E-state index in [0.717, 1.165) is 23.3 Å². The lowest BCUT2D eigenvalue weighted by Crippen LogP contribution is -2.37. The van der Waals surface area contributed by atoms with Gasteiger partial charge in [0.05, 0.1) is 0 Å². The van der Waals surface area contributed by atoms with Gasteiger partial charge >= 0.3 is 0 Å². The van der Waals surface area contributed by atoms with Gasteiger partial charge in [0, 0.05) is 17.5 Å². The summed E-state index contributed by atoms with van der Waals surface area (Å²) in [4.78, 5) is 12.0. The van der Waals surface area contributed by atoms with Crippen molar-refractivity contribution < 1.29 is 9.53 Å². The van der Waals surface area contributed by atoms with Gasteiger partial charge in [0.2, 0.25) is 0 Å². The van der Waals surface area contributed by atoms with E-state index in [1.54, 1.807) is 6.92 Å². The quantitative estimate of drug-likeness (QED) is 0.775. The molecule has 1 unspecified atom stereocenters. The van der Waals surface area contributed by atoms with Crippen LogP contribution in [0, 0.1) is 13.8 Å². The molecule has 3 nitrogen and oxygen atoms in total. The Labute approximate surface area is 138 Å². The van der Waals surface area contributed by atoms with Crippen LogP contribution in [0.15, 0.2) is 18.2 Å². The predicted molar refractivity (Wildman–Crippen MR) is 93.7 cm³/mol. The van der Waals surface area contributed by atoms with Gasteiger partial charge in [-0.2, -0.15) is 11.8 Å². The number of hydrogen-bond donors (Lipinski definition) is 1. The van der Waals surface area contributed by atoms with E-state index in [2.05, 4.69) is 12.2 Å². The largest absolute Gasteiger partial charge is 0.481 e. The summed E-state index contributed by atoms with van der Waals surface area (Å²) < 4.78 is 5.72. The highest BCUT2D eigenvalue weighted by molar-refractivity contribution is 7.99. The molecule has 0 radical (unpaired) electrons. The molecular formula is C18H27NO2S. The van der Waals surface area contributed by atoms with E-state index in [0.29, 0.717) is 0 Å². The highest BCUT2D eigenvalue weighted by Crippen LogP contribution is 2.28. The summed E-state index contributed by atoms with van der Waals surface area (Å²) >= 11 is 1.99. The molecule has 1 aromatic carbocycles. The van der Waals surface area contributed by atoms with Gasteiger partial charge in [-0.05, 0) is 56.9 Å². The second-order valence-corrected chi connectivity index (χ2v) is 7.48. The molecule has 1 aliphatic rings. The average Bonchev–Trinajstić information content (AvgIpc) is 3.00. The molecule has 1 fully saturated rings. The molecule has 1 N–H and O–H groups in total. The fraction of sp³-hybridized carbons (Fsp3) is 0.611. The van der Waals surface area contributed by atoms with Crippen molar-refractivity contribution in [3.05, 3.63) is 29.3 Å². The molecule has 0 aliphatic heterocycles. The Morgan fingerprint density at radius 3 is 2.73 bits per heavy atom. The first kappa shape index (κ1) is 17.2. The van der Waals surface area contributed by atoms with Crippen molar-refractivity contribution in [1.29, 1.82) is 0 Å².